The third-order valence-corrected chi connectivity index (χ3v) is 4.52. The summed E-state index contributed by atoms with van der Waals surface area (Å²) in [5.41, 5.74) is 1.08. The fourth-order valence-electron chi connectivity index (χ4n) is 3.27. The van der Waals surface area contributed by atoms with Crippen LogP contribution in [0.5, 0.6) is 0 Å². The van der Waals surface area contributed by atoms with Gasteiger partial charge in [-0.25, -0.2) is 0 Å². The Kier molecular flexibility index (Phi) is 6.59. The molecule has 5 heteroatoms. The fourth-order valence-corrected chi connectivity index (χ4v) is 3.27. The molecule has 0 saturated carbocycles. The van der Waals surface area contributed by atoms with Gasteiger partial charge in [0.2, 0.25) is 0 Å². The predicted octanol–water partition coefficient (Wildman–Crippen LogP) is 3.01. The first-order valence-corrected chi connectivity index (χ1v) is 9.11. The van der Waals surface area contributed by atoms with E-state index < -0.39 is 0 Å². The van der Waals surface area contributed by atoms with Gasteiger partial charge in [-0.1, -0.05) is 33.8 Å². The number of benzene rings is 1. The van der Waals surface area contributed by atoms with Gasteiger partial charge in [0.05, 0.1) is 6.10 Å². The molecular formula is C20H30N2O3. The summed E-state index contributed by atoms with van der Waals surface area (Å²) in [7, 11) is 0. The second-order valence-electron chi connectivity index (χ2n) is 7.75. The number of rotatable bonds is 6. The molecule has 0 spiro atoms. The molecule has 1 aromatic carbocycles. The lowest BCUT2D eigenvalue weighted by molar-refractivity contribution is 0.00737. The van der Waals surface area contributed by atoms with Gasteiger partial charge in [-0.05, 0) is 36.5 Å². The van der Waals surface area contributed by atoms with Gasteiger partial charge < -0.3 is 15.4 Å². The van der Waals surface area contributed by atoms with Gasteiger partial charge in [-0.2, -0.15) is 0 Å². The molecule has 1 heterocycles. The van der Waals surface area contributed by atoms with Crippen molar-refractivity contribution in [3.05, 3.63) is 35.4 Å². The second kappa shape index (κ2) is 8.48. The van der Waals surface area contributed by atoms with E-state index in [1.54, 1.807) is 24.3 Å². The van der Waals surface area contributed by atoms with Crippen molar-refractivity contribution in [1.82, 2.24) is 10.6 Å². The van der Waals surface area contributed by atoms with Gasteiger partial charge in [0.1, 0.15) is 0 Å². The molecule has 2 atom stereocenters. The average Bonchev–Trinajstić information content (AvgIpc) is 3.06. The molecule has 5 nitrogen and oxygen atoms in total. The van der Waals surface area contributed by atoms with Crippen molar-refractivity contribution in [2.24, 2.45) is 11.3 Å². The van der Waals surface area contributed by atoms with Crippen LogP contribution in [0.4, 0.5) is 0 Å². The zero-order valence-corrected chi connectivity index (χ0v) is 15.7. The summed E-state index contributed by atoms with van der Waals surface area (Å²) in [6.45, 7) is 10.5. The van der Waals surface area contributed by atoms with E-state index in [0.717, 1.165) is 19.4 Å². The average molecular weight is 346 g/mol. The molecule has 0 aliphatic carbocycles. The number of amides is 2. The Hall–Kier alpha value is -1.88. The maximum absolute atomic E-state index is 12.5. The van der Waals surface area contributed by atoms with Gasteiger partial charge in [-0.15, -0.1) is 0 Å². The number of carbonyl (C=O) groups excluding carboxylic acids is 2. The molecule has 2 N–H and O–H groups in total. The van der Waals surface area contributed by atoms with Crippen LogP contribution < -0.4 is 10.6 Å². The molecule has 25 heavy (non-hydrogen) atoms. The van der Waals surface area contributed by atoms with Gasteiger partial charge in [0.15, 0.2) is 0 Å². The highest BCUT2D eigenvalue weighted by molar-refractivity contribution is 5.99. The topological polar surface area (TPSA) is 67.4 Å². The van der Waals surface area contributed by atoms with Crippen molar-refractivity contribution in [3.8, 4) is 0 Å². The molecule has 0 unspecified atom stereocenters. The molecule has 0 bridgehead atoms. The molecule has 1 aliphatic rings. The SMILES string of the molecule is CCCNC(=O)c1cccc(C(=O)NC[C@H]2CCO[C@@H]2C(C)(C)C)c1. The van der Waals surface area contributed by atoms with Crippen LogP contribution in [0.25, 0.3) is 0 Å². The Labute approximate surface area is 150 Å². The molecule has 1 saturated heterocycles. The van der Waals surface area contributed by atoms with Crippen molar-refractivity contribution in [2.45, 2.75) is 46.6 Å². The van der Waals surface area contributed by atoms with Crippen LogP contribution in [0, 0.1) is 11.3 Å². The van der Waals surface area contributed by atoms with E-state index >= 15 is 0 Å². The number of hydrogen-bond acceptors (Lipinski definition) is 3. The third-order valence-electron chi connectivity index (χ3n) is 4.52. The molecule has 2 amide bonds. The zero-order chi connectivity index (χ0) is 18.4. The minimum absolute atomic E-state index is 0.0587. The summed E-state index contributed by atoms with van der Waals surface area (Å²) in [4.78, 5) is 24.5. The Morgan fingerprint density at radius 1 is 1.16 bits per heavy atom. The van der Waals surface area contributed by atoms with E-state index in [-0.39, 0.29) is 23.3 Å². The lowest BCUT2D eigenvalue weighted by atomic mass is 9.81. The van der Waals surface area contributed by atoms with Crippen molar-refractivity contribution in [2.75, 3.05) is 19.7 Å². The van der Waals surface area contributed by atoms with E-state index in [1.165, 1.54) is 0 Å². The van der Waals surface area contributed by atoms with Gasteiger partial charge in [-0.3, -0.25) is 9.59 Å². The summed E-state index contributed by atoms with van der Waals surface area (Å²) < 4.78 is 5.85. The van der Waals surface area contributed by atoms with Crippen LogP contribution in [-0.2, 0) is 4.74 Å². The minimum Gasteiger partial charge on any atom is -0.377 e. The van der Waals surface area contributed by atoms with Crippen molar-refractivity contribution < 1.29 is 14.3 Å². The molecular weight excluding hydrogens is 316 g/mol. The maximum atomic E-state index is 12.5. The van der Waals surface area contributed by atoms with E-state index in [2.05, 4.69) is 31.4 Å². The largest absolute Gasteiger partial charge is 0.377 e. The van der Waals surface area contributed by atoms with Crippen molar-refractivity contribution in [1.29, 1.82) is 0 Å². The van der Waals surface area contributed by atoms with Gasteiger partial charge >= 0.3 is 0 Å². The number of ether oxygens (including phenoxy) is 1. The van der Waals surface area contributed by atoms with Gasteiger partial charge in [0, 0.05) is 36.7 Å². The van der Waals surface area contributed by atoms with Crippen LogP contribution in [0.15, 0.2) is 24.3 Å². The Bertz CT molecular complexity index is 607. The Balaban J connectivity index is 1.96. The lowest BCUT2D eigenvalue weighted by Gasteiger charge is -2.31. The Morgan fingerprint density at radius 2 is 1.80 bits per heavy atom. The van der Waals surface area contributed by atoms with Crippen LogP contribution in [0.1, 0.15) is 61.3 Å². The summed E-state index contributed by atoms with van der Waals surface area (Å²) in [5, 5.41) is 5.83. The molecule has 1 aromatic rings. The molecule has 2 rings (SSSR count). The normalized spacial score (nSPS) is 20.3. The van der Waals surface area contributed by atoms with Crippen LogP contribution >= 0.6 is 0 Å². The first kappa shape index (κ1) is 19.4. The van der Waals surface area contributed by atoms with Crippen molar-refractivity contribution in [3.63, 3.8) is 0 Å². The first-order chi connectivity index (χ1) is 11.8. The molecule has 0 aromatic heterocycles. The molecule has 1 fully saturated rings. The zero-order valence-electron chi connectivity index (χ0n) is 15.7. The molecule has 0 radical (unpaired) electrons. The Morgan fingerprint density at radius 3 is 2.40 bits per heavy atom. The smallest absolute Gasteiger partial charge is 0.251 e. The highest BCUT2D eigenvalue weighted by Crippen LogP contribution is 2.34. The summed E-state index contributed by atoms with van der Waals surface area (Å²) in [6.07, 6.45) is 1.99. The van der Waals surface area contributed by atoms with E-state index in [0.29, 0.717) is 30.1 Å². The molecule has 1 aliphatic heterocycles. The van der Waals surface area contributed by atoms with Gasteiger partial charge in [0.25, 0.3) is 11.8 Å². The lowest BCUT2D eigenvalue weighted by Crippen LogP contribution is -2.38. The van der Waals surface area contributed by atoms with Crippen LogP contribution in [0.3, 0.4) is 0 Å². The number of hydrogen-bond donors (Lipinski definition) is 2. The van der Waals surface area contributed by atoms with E-state index in [9.17, 15) is 9.59 Å². The number of nitrogens with one attached hydrogen (secondary N) is 2. The monoisotopic (exact) mass is 346 g/mol. The summed E-state index contributed by atoms with van der Waals surface area (Å²) >= 11 is 0. The fraction of sp³-hybridized carbons (Fsp3) is 0.600. The summed E-state index contributed by atoms with van der Waals surface area (Å²) in [6, 6.07) is 6.85. The highest BCUT2D eigenvalue weighted by atomic mass is 16.5. The minimum atomic E-state index is -0.148. The first-order valence-electron chi connectivity index (χ1n) is 9.11. The van der Waals surface area contributed by atoms with Crippen LogP contribution in [0.2, 0.25) is 0 Å². The number of carbonyl (C=O) groups is 2. The quantitative estimate of drug-likeness (QED) is 0.832. The maximum Gasteiger partial charge on any atom is 0.251 e. The highest BCUT2D eigenvalue weighted by Gasteiger charge is 2.37. The van der Waals surface area contributed by atoms with E-state index in [1.807, 2.05) is 6.92 Å². The third kappa shape index (κ3) is 5.30. The molecule has 138 valence electrons. The standard InChI is InChI=1S/C20H30N2O3/c1-5-10-21-18(23)14-7-6-8-15(12-14)19(24)22-13-16-9-11-25-17(16)20(2,3)4/h6-8,12,16-17H,5,9-11,13H2,1-4H3,(H,21,23)(H,22,24)/t16-,17+/m1/s1. The second-order valence-corrected chi connectivity index (χ2v) is 7.75. The van der Waals surface area contributed by atoms with Crippen LogP contribution in [-0.4, -0.2) is 37.6 Å². The summed E-state index contributed by atoms with van der Waals surface area (Å²) in [5.74, 6) is 0.0261. The van der Waals surface area contributed by atoms with E-state index in [4.69, 9.17) is 4.74 Å². The van der Waals surface area contributed by atoms with Crippen molar-refractivity contribution >= 4 is 11.8 Å². The predicted molar refractivity (Wildman–Crippen MR) is 98.7 cm³/mol.